The molecule has 0 atom stereocenters. The number of likely N-dealkylation sites (tertiary alicyclic amines) is 1. The summed E-state index contributed by atoms with van der Waals surface area (Å²) in [6, 6.07) is 8.13. The minimum absolute atomic E-state index is 0.0768. The molecule has 2 aliphatic rings. The second-order valence-corrected chi connectivity index (χ2v) is 6.67. The fourth-order valence-corrected chi connectivity index (χ4v) is 3.62. The lowest BCUT2D eigenvalue weighted by atomic mass is 9.64. The Morgan fingerprint density at radius 2 is 1.70 bits per heavy atom. The fraction of sp³-hybridized carbons (Fsp3) is 0.611. The largest absolute Gasteiger partial charge is 0.302 e. The minimum Gasteiger partial charge on any atom is -0.302 e. The Morgan fingerprint density at radius 1 is 1.05 bits per heavy atom. The maximum absolute atomic E-state index is 12.9. The summed E-state index contributed by atoms with van der Waals surface area (Å²) in [5, 5.41) is 0. The number of piperidine rings is 1. The highest BCUT2D eigenvalue weighted by atomic mass is 16.1. The average molecular weight is 271 g/mol. The van der Waals surface area contributed by atoms with Gasteiger partial charge in [-0.15, -0.1) is 0 Å². The molecule has 108 valence electrons. The van der Waals surface area contributed by atoms with Crippen LogP contribution in [0.25, 0.3) is 0 Å². The number of carbonyl (C=O) groups excluding carboxylic acids is 1. The van der Waals surface area contributed by atoms with E-state index in [-0.39, 0.29) is 5.41 Å². The zero-order valence-electron chi connectivity index (χ0n) is 12.5. The van der Waals surface area contributed by atoms with E-state index in [0.717, 1.165) is 24.9 Å². The van der Waals surface area contributed by atoms with E-state index >= 15 is 0 Å². The van der Waals surface area contributed by atoms with Crippen molar-refractivity contribution in [2.24, 2.45) is 5.41 Å². The monoisotopic (exact) mass is 271 g/mol. The van der Waals surface area contributed by atoms with Crippen LogP contribution in [0.15, 0.2) is 24.3 Å². The molecule has 2 heteroatoms. The van der Waals surface area contributed by atoms with Crippen LogP contribution in [0.5, 0.6) is 0 Å². The topological polar surface area (TPSA) is 20.3 Å². The van der Waals surface area contributed by atoms with Gasteiger partial charge < -0.3 is 4.90 Å². The van der Waals surface area contributed by atoms with Crippen molar-refractivity contribution in [2.45, 2.75) is 45.4 Å². The van der Waals surface area contributed by atoms with Crippen LogP contribution >= 0.6 is 0 Å². The molecule has 20 heavy (non-hydrogen) atoms. The molecule has 0 aromatic heterocycles. The smallest absolute Gasteiger partial charge is 0.170 e. The van der Waals surface area contributed by atoms with Gasteiger partial charge in [-0.2, -0.15) is 0 Å². The van der Waals surface area contributed by atoms with E-state index < -0.39 is 0 Å². The third-order valence-electron chi connectivity index (χ3n) is 5.08. The molecule has 1 saturated carbocycles. The molecular formula is C18H25NO. The van der Waals surface area contributed by atoms with Crippen LogP contribution in [-0.2, 0) is 0 Å². The van der Waals surface area contributed by atoms with Crippen molar-refractivity contribution < 1.29 is 4.79 Å². The van der Waals surface area contributed by atoms with Gasteiger partial charge in [-0.05, 0) is 45.7 Å². The first-order valence-corrected chi connectivity index (χ1v) is 8.03. The van der Waals surface area contributed by atoms with Crippen LogP contribution in [0, 0.1) is 12.3 Å². The van der Waals surface area contributed by atoms with Crippen LogP contribution in [0.4, 0.5) is 0 Å². The molecule has 2 fully saturated rings. The minimum atomic E-state index is -0.0768. The molecule has 0 radical (unpaired) electrons. The summed E-state index contributed by atoms with van der Waals surface area (Å²) in [5.74, 6) is 0.384. The van der Waals surface area contributed by atoms with Gasteiger partial charge >= 0.3 is 0 Å². The highest BCUT2D eigenvalue weighted by Gasteiger charge is 2.45. The van der Waals surface area contributed by atoms with E-state index in [1.165, 1.54) is 44.3 Å². The Bertz CT molecular complexity index is 467. The molecule has 1 aromatic rings. The first kappa shape index (κ1) is 13.8. The Balaban J connectivity index is 1.74. The van der Waals surface area contributed by atoms with Crippen molar-refractivity contribution >= 4 is 5.78 Å². The normalized spacial score (nSPS) is 22.2. The number of aryl methyl sites for hydroxylation is 1. The van der Waals surface area contributed by atoms with Crippen LogP contribution in [0.1, 0.15) is 54.4 Å². The molecule has 0 amide bonds. The van der Waals surface area contributed by atoms with Crippen molar-refractivity contribution in [1.82, 2.24) is 4.90 Å². The maximum Gasteiger partial charge on any atom is 0.170 e. The number of ketones is 1. The molecule has 0 unspecified atom stereocenters. The third-order valence-corrected chi connectivity index (χ3v) is 5.08. The summed E-state index contributed by atoms with van der Waals surface area (Å²) in [4.78, 5) is 15.4. The van der Waals surface area contributed by atoms with Crippen molar-refractivity contribution in [3.8, 4) is 0 Å². The number of hydrogen-bond acceptors (Lipinski definition) is 2. The summed E-state index contributed by atoms with van der Waals surface area (Å²) in [6.45, 7) is 5.42. The standard InChI is InChI=1S/C18H25NO/c1-15-6-8-16(9-7-15)17(20)18(10-5-11-18)14-19-12-3-2-4-13-19/h6-9H,2-5,10-14H2,1H3. The summed E-state index contributed by atoms with van der Waals surface area (Å²) in [7, 11) is 0. The zero-order chi connectivity index (χ0) is 14.0. The number of rotatable bonds is 4. The van der Waals surface area contributed by atoms with E-state index in [1.807, 2.05) is 12.1 Å². The Labute approximate surface area is 122 Å². The van der Waals surface area contributed by atoms with Gasteiger partial charge in [-0.25, -0.2) is 0 Å². The third kappa shape index (κ3) is 2.67. The molecule has 0 N–H and O–H groups in total. The lowest BCUT2D eigenvalue weighted by Crippen LogP contribution is -2.49. The van der Waals surface area contributed by atoms with Crippen LogP contribution < -0.4 is 0 Å². The summed E-state index contributed by atoms with van der Waals surface area (Å²) < 4.78 is 0. The number of Topliss-reactive ketones (excluding diaryl/α,β-unsaturated/α-hetero) is 1. The van der Waals surface area contributed by atoms with E-state index in [1.54, 1.807) is 0 Å². The maximum atomic E-state index is 12.9. The summed E-state index contributed by atoms with van der Waals surface area (Å²) in [5.41, 5.74) is 2.06. The first-order chi connectivity index (χ1) is 9.70. The zero-order valence-corrected chi connectivity index (χ0v) is 12.5. The molecule has 0 spiro atoms. The Kier molecular flexibility index (Phi) is 3.93. The highest BCUT2D eigenvalue weighted by Crippen LogP contribution is 2.44. The number of hydrogen-bond donors (Lipinski definition) is 0. The Morgan fingerprint density at radius 3 is 2.25 bits per heavy atom. The molecule has 2 nitrogen and oxygen atoms in total. The second-order valence-electron chi connectivity index (χ2n) is 6.67. The fourth-order valence-electron chi connectivity index (χ4n) is 3.62. The highest BCUT2D eigenvalue weighted by molar-refractivity contribution is 6.01. The molecule has 1 heterocycles. The number of carbonyl (C=O) groups is 1. The van der Waals surface area contributed by atoms with Crippen molar-refractivity contribution in [3.05, 3.63) is 35.4 Å². The molecule has 3 rings (SSSR count). The molecule has 1 aromatic carbocycles. The second kappa shape index (κ2) is 5.69. The molecule has 0 bridgehead atoms. The van der Waals surface area contributed by atoms with Crippen molar-refractivity contribution in [3.63, 3.8) is 0 Å². The first-order valence-electron chi connectivity index (χ1n) is 8.03. The van der Waals surface area contributed by atoms with Gasteiger partial charge in [0.2, 0.25) is 0 Å². The van der Waals surface area contributed by atoms with Gasteiger partial charge in [0.05, 0.1) is 0 Å². The molecular weight excluding hydrogens is 246 g/mol. The van der Waals surface area contributed by atoms with Crippen molar-refractivity contribution in [1.29, 1.82) is 0 Å². The SMILES string of the molecule is Cc1ccc(C(=O)C2(CN3CCCCC3)CCC2)cc1. The van der Waals surface area contributed by atoms with E-state index in [4.69, 9.17) is 0 Å². The van der Waals surface area contributed by atoms with Crippen molar-refractivity contribution in [2.75, 3.05) is 19.6 Å². The molecule has 1 aliphatic heterocycles. The van der Waals surface area contributed by atoms with Gasteiger partial charge in [0.15, 0.2) is 5.78 Å². The predicted octanol–water partition coefficient (Wildman–Crippen LogP) is 3.83. The summed E-state index contributed by atoms with van der Waals surface area (Å²) in [6.07, 6.45) is 7.33. The van der Waals surface area contributed by atoms with Gasteiger partial charge in [-0.3, -0.25) is 4.79 Å². The van der Waals surface area contributed by atoms with E-state index in [9.17, 15) is 4.79 Å². The van der Waals surface area contributed by atoms with Gasteiger partial charge in [0.25, 0.3) is 0 Å². The van der Waals surface area contributed by atoms with Gasteiger partial charge in [-0.1, -0.05) is 42.7 Å². The Hall–Kier alpha value is -1.15. The van der Waals surface area contributed by atoms with Gasteiger partial charge in [0.1, 0.15) is 0 Å². The predicted molar refractivity (Wildman–Crippen MR) is 82.1 cm³/mol. The van der Waals surface area contributed by atoms with Crippen LogP contribution in [-0.4, -0.2) is 30.3 Å². The van der Waals surface area contributed by atoms with E-state index in [2.05, 4.69) is 24.0 Å². The number of benzene rings is 1. The number of nitrogens with zero attached hydrogens (tertiary/aromatic N) is 1. The summed E-state index contributed by atoms with van der Waals surface area (Å²) >= 11 is 0. The lowest BCUT2D eigenvalue weighted by molar-refractivity contribution is 0.0406. The van der Waals surface area contributed by atoms with E-state index in [0.29, 0.717) is 5.78 Å². The van der Waals surface area contributed by atoms with Crippen LogP contribution in [0.3, 0.4) is 0 Å². The average Bonchev–Trinajstić information content (AvgIpc) is 2.44. The quantitative estimate of drug-likeness (QED) is 0.776. The lowest BCUT2D eigenvalue weighted by Gasteiger charge is -2.44. The van der Waals surface area contributed by atoms with Crippen LogP contribution in [0.2, 0.25) is 0 Å². The molecule has 1 saturated heterocycles. The molecule has 1 aliphatic carbocycles. The van der Waals surface area contributed by atoms with Gasteiger partial charge in [0, 0.05) is 17.5 Å².